The Balaban J connectivity index is 0. The van der Waals surface area contributed by atoms with Gasteiger partial charge in [-0.2, -0.15) is 0 Å². The van der Waals surface area contributed by atoms with Crippen LogP contribution in [0.4, 0.5) is 0 Å². The van der Waals surface area contributed by atoms with Crippen molar-refractivity contribution in [2.75, 3.05) is 31.9 Å². The quantitative estimate of drug-likeness (QED) is 0.536. The number of nitrogens with zero attached hydrogens (tertiary/aromatic N) is 1. The Labute approximate surface area is 101 Å². The van der Waals surface area contributed by atoms with E-state index in [0.29, 0.717) is 6.42 Å². The zero-order chi connectivity index (χ0) is 13.2. The molecule has 0 heterocycles. The molecule has 0 rings (SSSR count). The first-order valence-corrected chi connectivity index (χ1v) is 7.67. The molecule has 100 valence electrons. The third-order valence-electron chi connectivity index (χ3n) is 3.14. The van der Waals surface area contributed by atoms with Gasteiger partial charge in [-0.25, -0.2) is 8.42 Å². The monoisotopic (exact) mass is 253 g/mol. The van der Waals surface area contributed by atoms with Gasteiger partial charge in [0, 0.05) is 5.75 Å². The normalized spacial score (nSPS) is 11.9. The van der Waals surface area contributed by atoms with Crippen LogP contribution in [0, 0.1) is 0 Å². The van der Waals surface area contributed by atoms with Crippen LogP contribution in [0.3, 0.4) is 0 Å². The maximum Gasteiger partial charge on any atom is 0.0945 e. The molecule has 0 unspecified atom stereocenters. The fourth-order valence-electron chi connectivity index (χ4n) is 1.59. The largest absolute Gasteiger partial charge is 0.748 e. The van der Waals surface area contributed by atoms with Gasteiger partial charge in [-0.15, -0.1) is 0 Å². The molecule has 0 fully saturated rings. The molecular formula is C11H27NO3S. The zero-order valence-electron chi connectivity index (χ0n) is 11.3. The van der Waals surface area contributed by atoms with Gasteiger partial charge in [0.15, 0.2) is 0 Å². The standard InChI is InChI=1S/C8H20N.C3H8O3S/c1-5-9(6-2,7-3)8-4;1-2-3-7(4,5)6/h5-8H2,1-4H3;2-3H2,1H3,(H,4,5,6)/q+1;/p-1. The van der Waals surface area contributed by atoms with Gasteiger partial charge in [-0.05, 0) is 34.1 Å². The third kappa shape index (κ3) is 9.12. The third-order valence-corrected chi connectivity index (χ3v) is 4.05. The second-order valence-electron chi connectivity index (χ2n) is 3.87. The molecule has 5 heteroatoms. The predicted octanol–water partition coefficient (Wildman–Crippen LogP) is 1.82. The molecule has 4 nitrogen and oxygen atoms in total. The minimum Gasteiger partial charge on any atom is -0.748 e. The number of hydrogen-bond donors (Lipinski definition) is 0. The fourth-order valence-corrected chi connectivity index (χ4v) is 2.09. The van der Waals surface area contributed by atoms with E-state index >= 15 is 0 Å². The summed E-state index contributed by atoms with van der Waals surface area (Å²) in [6.07, 6.45) is 0.409. The Morgan fingerprint density at radius 1 is 0.875 bits per heavy atom. The van der Waals surface area contributed by atoms with Crippen LogP contribution in [0.15, 0.2) is 0 Å². The van der Waals surface area contributed by atoms with Crippen LogP contribution in [-0.2, 0) is 10.1 Å². The topological polar surface area (TPSA) is 57.2 Å². The Hall–Kier alpha value is -0.130. The Morgan fingerprint density at radius 2 is 1.19 bits per heavy atom. The van der Waals surface area contributed by atoms with Crippen molar-refractivity contribution in [2.24, 2.45) is 0 Å². The minimum absolute atomic E-state index is 0.243. The van der Waals surface area contributed by atoms with Gasteiger partial charge >= 0.3 is 0 Å². The average Bonchev–Trinajstić information content (AvgIpc) is 2.21. The van der Waals surface area contributed by atoms with E-state index < -0.39 is 10.1 Å². The van der Waals surface area contributed by atoms with Gasteiger partial charge < -0.3 is 9.04 Å². The summed E-state index contributed by atoms with van der Waals surface area (Å²) in [5, 5.41) is 0. The highest BCUT2D eigenvalue weighted by molar-refractivity contribution is 7.85. The van der Waals surface area contributed by atoms with Crippen LogP contribution in [0.5, 0.6) is 0 Å². The van der Waals surface area contributed by atoms with Crippen LogP contribution >= 0.6 is 0 Å². The molecule has 0 N–H and O–H groups in total. The molecule has 0 saturated heterocycles. The maximum absolute atomic E-state index is 9.68. The van der Waals surface area contributed by atoms with Crippen molar-refractivity contribution in [3.05, 3.63) is 0 Å². The van der Waals surface area contributed by atoms with Gasteiger partial charge in [-0.3, -0.25) is 0 Å². The second kappa shape index (κ2) is 8.96. The van der Waals surface area contributed by atoms with E-state index in [1.807, 2.05) is 0 Å². The molecule has 0 saturated carbocycles. The first kappa shape index (κ1) is 18.2. The summed E-state index contributed by atoms with van der Waals surface area (Å²) in [5.41, 5.74) is 0. The lowest BCUT2D eigenvalue weighted by atomic mass is 10.3. The molecule has 0 amide bonds. The van der Waals surface area contributed by atoms with Gasteiger partial charge in [-0.1, -0.05) is 6.92 Å². The second-order valence-corrected chi connectivity index (χ2v) is 5.39. The molecule has 0 aliphatic rings. The molecule has 0 aromatic heterocycles. The van der Waals surface area contributed by atoms with Crippen LogP contribution in [0.2, 0.25) is 0 Å². The van der Waals surface area contributed by atoms with E-state index in [2.05, 4.69) is 27.7 Å². The van der Waals surface area contributed by atoms with Crippen molar-refractivity contribution < 1.29 is 17.5 Å². The predicted molar refractivity (Wildman–Crippen MR) is 67.3 cm³/mol. The van der Waals surface area contributed by atoms with Crippen molar-refractivity contribution in [3.8, 4) is 0 Å². The van der Waals surface area contributed by atoms with Crippen LogP contribution in [0.25, 0.3) is 0 Å². The van der Waals surface area contributed by atoms with Crippen molar-refractivity contribution in [3.63, 3.8) is 0 Å². The van der Waals surface area contributed by atoms with Crippen LogP contribution in [0.1, 0.15) is 41.0 Å². The summed E-state index contributed by atoms with van der Waals surface area (Å²) < 4.78 is 30.3. The molecule has 0 aliphatic heterocycles. The summed E-state index contributed by atoms with van der Waals surface area (Å²) in [5.74, 6) is -0.243. The average molecular weight is 253 g/mol. The zero-order valence-corrected chi connectivity index (χ0v) is 12.1. The number of rotatable bonds is 6. The molecule has 0 spiro atoms. The van der Waals surface area contributed by atoms with Gasteiger partial charge in [0.2, 0.25) is 0 Å². The Morgan fingerprint density at radius 3 is 1.19 bits per heavy atom. The van der Waals surface area contributed by atoms with E-state index in [4.69, 9.17) is 0 Å². The summed E-state index contributed by atoms with van der Waals surface area (Å²) in [6.45, 7) is 15.9. The van der Waals surface area contributed by atoms with E-state index in [1.165, 1.54) is 30.7 Å². The number of quaternary nitrogens is 1. The van der Waals surface area contributed by atoms with Gasteiger partial charge in [0.1, 0.15) is 0 Å². The lowest BCUT2D eigenvalue weighted by molar-refractivity contribution is -0.921. The highest BCUT2D eigenvalue weighted by atomic mass is 32.2. The summed E-state index contributed by atoms with van der Waals surface area (Å²) in [6, 6.07) is 0. The van der Waals surface area contributed by atoms with Crippen molar-refractivity contribution in [1.82, 2.24) is 0 Å². The lowest BCUT2D eigenvalue weighted by Crippen LogP contribution is -2.47. The van der Waals surface area contributed by atoms with E-state index in [-0.39, 0.29) is 5.75 Å². The maximum atomic E-state index is 9.68. The molecule has 0 aromatic carbocycles. The van der Waals surface area contributed by atoms with Crippen molar-refractivity contribution >= 4 is 10.1 Å². The lowest BCUT2D eigenvalue weighted by Gasteiger charge is -2.34. The Kier molecular flexibility index (Phi) is 10.2. The highest BCUT2D eigenvalue weighted by Gasteiger charge is 2.16. The van der Waals surface area contributed by atoms with Crippen LogP contribution < -0.4 is 0 Å². The smallest absolute Gasteiger partial charge is 0.0945 e. The summed E-state index contributed by atoms with van der Waals surface area (Å²) in [4.78, 5) is 0. The summed E-state index contributed by atoms with van der Waals surface area (Å²) in [7, 11) is -3.92. The highest BCUT2D eigenvalue weighted by Crippen LogP contribution is 2.03. The van der Waals surface area contributed by atoms with E-state index in [9.17, 15) is 13.0 Å². The van der Waals surface area contributed by atoms with Crippen molar-refractivity contribution in [2.45, 2.75) is 41.0 Å². The molecule has 16 heavy (non-hydrogen) atoms. The molecule has 0 atom stereocenters. The summed E-state index contributed by atoms with van der Waals surface area (Å²) >= 11 is 0. The molecule has 0 aromatic rings. The molecule has 0 bridgehead atoms. The molecular weight excluding hydrogens is 226 g/mol. The van der Waals surface area contributed by atoms with Gasteiger partial charge in [0.25, 0.3) is 0 Å². The first-order valence-electron chi connectivity index (χ1n) is 6.09. The fraction of sp³-hybridized carbons (Fsp3) is 1.00. The minimum atomic E-state index is -3.92. The SMILES string of the molecule is CCCS(=O)(=O)[O-].CC[N+](CC)(CC)CC. The van der Waals surface area contributed by atoms with E-state index in [0.717, 1.165) is 0 Å². The van der Waals surface area contributed by atoms with E-state index in [1.54, 1.807) is 6.92 Å². The first-order chi connectivity index (χ1) is 7.30. The Bertz CT molecular complexity index is 228. The van der Waals surface area contributed by atoms with Crippen LogP contribution in [-0.4, -0.2) is 49.4 Å². The molecule has 0 aliphatic carbocycles. The number of hydrogen-bond acceptors (Lipinski definition) is 3. The van der Waals surface area contributed by atoms with Gasteiger partial charge in [0.05, 0.1) is 36.3 Å². The van der Waals surface area contributed by atoms with Crippen molar-refractivity contribution in [1.29, 1.82) is 0 Å². The molecule has 0 radical (unpaired) electrons.